The van der Waals surface area contributed by atoms with Crippen LogP contribution in [0.3, 0.4) is 0 Å². The van der Waals surface area contributed by atoms with Gasteiger partial charge in [-0.25, -0.2) is 4.98 Å². The number of fused-ring (bicyclic) bond motifs is 1. The highest BCUT2D eigenvalue weighted by atomic mass is 16.1. The molecule has 1 N–H and O–H groups in total. The lowest BCUT2D eigenvalue weighted by molar-refractivity contribution is 0.0920. The van der Waals surface area contributed by atoms with Gasteiger partial charge >= 0.3 is 0 Å². The van der Waals surface area contributed by atoms with Crippen molar-refractivity contribution in [1.82, 2.24) is 14.7 Å². The van der Waals surface area contributed by atoms with E-state index in [0.29, 0.717) is 5.56 Å². The van der Waals surface area contributed by atoms with Crippen molar-refractivity contribution in [3.63, 3.8) is 0 Å². The van der Waals surface area contributed by atoms with E-state index in [1.165, 1.54) is 18.4 Å². The number of nitrogens with one attached hydrogen (secondary N) is 1. The quantitative estimate of drug-likeness (QED) is 0.739. The van der Waals surface area contributed by atoms with Crippen LogP contribution in [0, 0.1) is 13.8 Å². The first kappa shape index (κ1) is 17.8. The zero-order valence-corrected chi connectivity index (χ0v) is 16.3. The number of amides is 1. The van der Waals surface area contributed by atoms with Gasteiger partial charge in [0, 0.05) is 29.0 Å². The molecule has 3 aromatic rings. The molecular formula is C23H27N3O. The van der Waals surface area contributed by atoms with Gasteiger partial charge in [-0.1, -0.05) is 43.2 Å². The Kier molecular flexibility index (Phi) is 4.50. The molecule has 4 nitrogen and oxygen atoms in total. The average Bonchev–Trinajstić information content (AvgIpc) is 3.30. The largest absolute Gasteiger partial charge is 0.349 e. The summed E-state index contributed by atoms with van der Waals surface area (Å²) in [7, 11) is 0. The monoisotopic (exact) mass is 361 g/mol. The molecule has 1 atom stereocenters. The first-order valence-corrected chi connectivity index (χ1v) is 9.83. The number of rotatable bonds is 4. The van der Waals surface area contributed by atoms with Gasteiger partial charge in [0.25, 0.3) is 5.91 Å². The number of hydrogen-bond donors (Lipinski definition) is 1. The van der Waals surface area contributed by atoms with Crippen molar-refractivity contribution < 1.29 is 4.79 Å². The van der Waals surface area contributed by atoms with Crippen LogP contribution in [-0.2, 0) is 5.41 Å². The molecule has 140 valence electrons. The number of nitrogens with zero attached hydrogens (tertiary/aromatic N) is 2. The number of aromatic nitrogens is 2. The van der Waals surface area contributed by atoms with E-state index in [9.17, 15) is 4.79 Å². The van der Waals surface area contributed by atoms with Crippen LogP contribution in [0.1, 0.15) is 59.9 Å². The Morgan fingerprint density at radius 1 is 1.15 bits per heavy atom. The average molecular weight is 361 g/mol. The fraction of sp³-hybridized carbons (Fsp3) is 0.391. The van der Waals surface area contributed by atoms with Gasteiger partial charge in [-0.15, -0.1) is 0 Å². The van der Waals surface area contributed by atoms with Crippen molar-refractivity contribution in [2.75, 3.05) is 0 Å². The second kappa shape index (κ2) is 6.84. The molecule has 0 saturated heterocycles. The van der Waals surface area contributed by atoms with Crippen LogP contribution in [0.2, 0.25) is 0 Å². The molecule has 1 aliphatic carbocycles. The maximum absolute atomic E-state index is 13.1. The molecule has 27 heavy (non-hydrogen) atoms. The fourth-order valence-electron chi connectivity index (χ4n) is 4.73. The van der Waals surface area contributed by atoms with Gasteiger partial charge in [0.05, 0.1) is 5.56 Å². The Morgan fingerprint density at radius 2 is 1.85 bits per heavy atom. The minimum absolute atomic E-state index is 0.0196. The number of benzene rings is 1. The number of hydrogen-bond acceptors (Lipinski definition) is 2. The molecule has 4 rings (SSSR count). The van der Waals surface area contributed by atoms with Crippen LogP contribution < -0.4 is 5.32 Å². The second-order valence-electron chi connectivity index (χ2n) is 7.89. The highest BCUT2D eigenvalue weighted by molar-refractivity contribution is 6.00. The Bertz CT molecular complexity index is 968. The van der Waals surface area contributed by atoms with Gasteiger partial charge in [-0.2, -0.15) is 0 Å². The first-order valence-electron chi connectivity index (χ1n) is 9.83. The molecule has 2 aromatic heterocycles. The predicted octanol–water partition coefficient (Wildman–Crippen LogP) is 4.58. The third-order valence-electron chi connectivity index (χ3n) is 6.20. The smallest absolute Gasteiger partial charge is 0.255 e. The van der Waals surface area contributed by atoms with Crippen LogP contribution in [0.4, 0.5) is 0 Å². The summed E-state index contributed by atoms with van der Waals surface area (Å²) >= 11 is 0. The van der Waals surface area contributed by atoms with E-state index in [1.807, 2.05) is 36.6 Å². The Labute approximate surface area is 160 Å². The zero-order chi connectivity index (χ0) is 19.0. The van der Waals surface area contributed by atoms with E-state index in [1.54, 1.807) is 0 Å². The van der Waals surface area contributed by atoms with Crippen LogP contribution in [-0.4, -0.2) is 21.3 Å². The van der Waals surface area contributed by atoms with E-state index < -0.39 is 0 Å². The van der Waals surface area contributed by atoms with Crippen molar-refractivity contribution in [1.29, 1.82) is 0 Å². The molecule has 4 heteroatoms. The number of aryl methyl sites for hydroxylation is 2. The van der Waals surface area contributed by atoms with Crippen molar-refractivity contribution >= 4 is 11.6 Å². The summed E-state index contributed by atoms with van der Waals surface area (Å²) in [4.78, 5) is 17.7. The Morgan fingerprint density at radius 3 is 2.56 bits per heavy atom. The molecular weight excluding hydrogens is 334 g/mol. The van der Waals surface area contributed by atoms with Crippen molar-refractivity contribution in [3.8, 4) is 0 Å². The number of carbonyl (C=O) groups is 1. The second-order valence-corrected chi connectivity index (χ2v) is 7.89. The molecule has 1 fully saturated rings. The molecule has 2 heterocycles. The normalized spacial score (nSPS) is 17.1. The number of carbonyl (C=O) groups excluding carboxylic acids is 1. The summed E-state index contributed by atoms with van der Waals surface area (Å²) in [6, 6.07) is 14.6. The third-order valence-corrected chi connectivity index (χ3v) is 6.20. The summed E-state index contributed by atoms with van der Waals surface area (Å²) in [5, 5.41) is 3.30. The van der Waals surface area contributed by atoms with Gasteiger partial charge < -0.3 is 9.72 Å². The van der Waals surface area contributed by atoms with E-state index >= 15 is 0 Å². The van der Waals surface area contributed by atoms with Gasteiger partial charge in [-0.05, 0) is 51.3 Å². The van der Waals surface area contributed by atoms with E-state index in [-0.39, 0.29) is 17.4 Å². The summed E-state index contributed by atoms with van der Waals surface area (Å²) in [5.41, 5.74) is 4.75. The first-order chi connectivity index (χ1) is 13.0. The van der Waals surface area contributed by atoms with Crippen molar-refractivity contribution in [3.05, 3.63) is 71.2 Å². The summed E-state index contributed by atoms with van der Waals surface area (Å²) in [6.45, 7) is 6.15. The molecule has 1 aliphatic rings. The van der Waals surface area contributed by atoms with Gasteiger partial charge in [0.2, 0.25) is 0 Å². The predicted molar refractivity (Wildman–Crippen MR) is 108 cm³/mol. The molecule has 1 amide bonds. The van der Waals surface area contributed by atoms with E-state index in [4.69, 9.17) is 0 Å². The van der Waals surface area contributed by atoms with Crippen LogP contribution >= 0.6 is 0 Å². The molecule has 0 spiro atoms. The van der Waals surface area contributed by atoms with Crippen molar-refractivity contribution in [2.45, 2.75) is 57.9 Å². The summed E-state index contributed by atoms with van der Waals surface area (Å²) < 4.78 is 1.98. The van der Waals surface area contributed by atoms with Crippen LogP contribution in [0.25, 0.3) is 5.65 Å². The maximum atomic E-state index is 13.1. The lowest BCUT2D eigenvalue weighted by atomic mass is 9.73. The lowest BCUT2D eigenvalue weighted by Crippen LogP contribution is -2.47. The minimum Gasteiger partial charge on any atom is -0.349 e. The fourth-order valence-corrected chi connectivity index (χ4v) is 4.73. The minimum atomic E-state index is -0.0373. The zero-order valence-electron chi connectivity index (χ0n) is 16.3. The maximum Gasteiger partial charge on any atom is 0.255 e. The van der Waals surface area contributed by atoms with Gasteiger partial charge in [0.15, 0.2) is 0 Å². The van der Waals surface area contributed by atoms with E-state index in [0.717, 1.165) is 29.9 Å². The lowest BCUT2D eigenvalue weighted by Gasteiger charge is -2.36. The summed E-state index contributed by atoms with van der Waals surface area (Å²) in [6.07, 6.45) is 6.59. The SMILES string of the molecule is Cc1cc(C)n2ccc(C(=O)NC(C)C3(c4ccccc4)CCCC3)c2n1. The third kappa shape index (κ3) is 3.03. The molecule has 1 aromatic carbocycles. The highest BCUT2D eigenvalue weighted by Gasteiger charge is 2.41. The van der Waals surface area contributed by atoms with Crippen LogP contribution in [0.5, 0.6) is 0 Å². The van der Waals surface area contributed by atoms with E-state index in [2.05, 4.69) is 47.6 Å². The molecule has 1 unspecified atom stereocenters. The molecule has 0 bridgehead atoms. The standard InChI is InChI=1S/C23H27N3O/c1-16-15-17(2)26-14-11-20(21(26)24-16)22(27)25-18(3)23(12-7-8-13-23)19-9-5-4-6-10-19/h4-6,9-11,14-15,18H,7-8,12-13H2,1-3H3,(H,25,27). The summed E-state index contributed by atoms with van der Waals surface area (Å²) in [5.74, 6) is -0.0373. The Hall–Kier alpha value is -2.62. The topological polar surface area (TPSA) is 46.4 Å². The van der Waals surface area contributed by atoms with Gasteiger partial charge in [0.1, 0.15) is 5.65 Å². The van der Waals surface area contributed by atoms with Crippen LogP contribution in [0.15, 0.2) is 48.7 Å². The molecule has 0 aliphatic heterocycles. The molecule has 1 saturated carbocycles. The molecule has 0 radical (unpaired) electrons. The highest BCUT2D eigenvalue weighted by Crippen LogP contribution is 2.43. The van der Waals surface area contributed by atoms with Crippen molar-refractivity contribution in [2.24, 2.45) is 0 Å². The Balaban J connectivity index is 1.64. The van der Waals surface area contributed by atoms with Gasteiger partial charge in [-0.3, -0.25) is 4.79 Å².